The standard InChI is InChI=1S/C19H18.C4H4O.CH4O/c1-13-6-9-17-15(12-13)8-11-18-16-5-3-2-4-14(16)7-10-19(17)18;1-2-4-5-3-1;1-2/h2-5,7-8,10-11,13H,6,9,12H2,1H3;1-4H;2H,1H3. The van der Waals surface area contributed by atoms with Gasteiger partial charge in [-0.05, 0) is 70.0 Å². The van der Waals surface area contributed by atoms with Crippen LogP contribution in [-0.4, -0.2) is 12.2 Å². The summed E-state index contributed by atoms with van der Waals surface area (Å²) in [5.41, 5.74) is 3.17. The molecule has 0 radical (unpaired) electrons. The highest BCUT2D eigenvalue weighted by atomic mass is 16.3. The van der Waals surface area contributed by atoms with Crippen LogP contribution in [0.5, 0.6) is 0 Å². The van der Waals surface area contributed by atoms with E-state index in [1.165, 1.54) is 40.8 Å². The van der Waals surface area contributed by atoms with Crippen molar-refractivity contribution in [2.75, 3.05) is 7.11 Å². The average molecular weight is 346 g/mol. The van der Waals surface area contributed by atoms with Gasteiger partial charge in [-0.2, -0.15) is 0 Å². The van der Waals surface area contributed by atoms with Crippen LogP contribution in [-0.2, 0) is 12.8 Å². The first-order valence-electron chi connectivity index (χ1n) is 9.17. The van der Waals surface area contributed by atoms with Gasteiger partial charge in [0, 0.05) is 7.11 Å². The van der Waals surface area contributed by atoms with Gasteiger partial charge in [0.25, 0.3) is 0 Å². The largest absolute Gasteiger partial charge is 0.473 e. The Labute approximate surface area is 155 Å². The monoisotopic (exact) mass is 346 g/mol. The molecule has 1 unspecified atom stereocenters. The highest BCUT2D eigenvalue weighted by molar-refractivity contribution is 6.08. The van der Waals surface area contributed by atoms with E-state index in [2.05, 4.69) is 59.9 Å². The van der Waals surface area contributed by atoms with E-state index in [1.807, 2.05) is 12.1 Å². The van der Waals surface area contributed by atoms with Crippen molar-refractivity contribution in [1.82, 2.24) is 0 Å². The molecule has 0 spiro atoms. The van der Waals surface area contributed by atoms with E-state index in [9.17, 15) is 0 Å². The number of benzene rings is 3. The molecule has 1 heterocycles. The second-order valence-corrected chi connectivity index (χ2v) is 6.73. The maximum Gasteiger partial charge on any atom is 0.0902 e. The Balaban J connectivity index is 0.000000240. The van der Waals surface area contributed by atoms with E-state index in [4.69, 9.17) is 5.11 Å². The third-order valence-corrected chi connectivity index (χ3v) is 5.02. The van der Waals surface area contributed by atoms with Gasteiger partial charge in [0.1, 0.15) is 0 Å². The second kappa shape index (κ2) is 8.68. The third kappa shape index (κ3) is 3.81. The first-order valence-corrected chi connectivity index (χ1v) is 9.17. The molecule has 4 aromatic rings. The van der Waals surface area contributed by atoms with Crippen LogP contribution in [0, 0.1) is 5.92 Å². The number of rotatable bonds is 0. The Morgan fingerprint density at radius 3 is 2.27 bits per heavy atom. The van der Waals surface area contributed by atoms with Gasteiger partial charge in [-0.15, -0.1) is 0 Å². The number of fused-ring (bicyclic) bond motifs is 5. The van der Waals surface area contributed by atoms with E-state index < -0.39 is 0 Å². The van der Waals surface area contributed by atoms with Crippen molar-refractivity contribution in [3.05, 3.63) is 84.3 Å². The molecule has 1 aliphatic carbocycles. The Hall–Kier alpha value is -2.58. The summed E-state index contributed by atoms with van der Waals surface area (Å²) in [6.45, 7) is 2.37. The summed E-state index contributed by atoms with van der Waals surface area (Å²) < 4.78 is 4.58. The molecule has 0 bridgehead atoms. The summed E-state index contributed by atoms with van der Waals surface area (Å²) in [6.07, 6.45) is 7.07. The quantitative estimate of drug-likeness (QED) is 0.396. The molecule has 3 aromatic carbocycles. The van der Waals surface area contributed by atoms with E-state index in [1.54, 1.807) is 23.7 Å². The highest BCUT2D eigenvalue weighted by Gasteiger charge is 2.17. The van der Waals surface area contributed by atoms with Crippen molar-refractivity contribution in [3.63, 3.8) is 0 Å². The van der Waals surface area contributed by atoms with E-state index in [0.29, 0.717) is 0 Å². The minimum atomic E-state index is 0.838. The van der Waals surface area contributed by atoms with E-state index >= 15 is 0 Å². The Bertz CT molecular complexity index is 937. The molecule has 134 valence electrons. The van der Waals surface area contributed by atoms with Crippen LogP contribution in [0.4, 0.5) is 0 Å². The summed E-state index contributed by atoms with van der Waals surface area (Å²) in [5, 5.41) is 12.6. The van der Waals surface area contributed by atoms with Gasteiger partial charge in [0.15, 0.2) is 0 Å². The lowest BCUT2D eigenvalue weighted by Crippen LogP contribution is -2.11. The summed E-state index contributed by atoms with van der Waals surface area (Å²) >= 11 is 0. The third-order valence-electron chi connectivity index (χ3n) is 5.02. The summed E-state index contributed by atoms with van der Waals surface area (Å²) in [4.78, 5) is 0. The second-order valence-electron chi connectivity index (χ2n) is 6.73. The van der Waals surface area contributed by atoms with Gasteiger partial charge < -0.3 is 9.52 Å². The van der Waals surface area contributed by atoms with Crippen LogP contribution < -0.4 is 0 Å². The lowest BCUT2D eigenvalue weighted by atomic mass is 9.82. The van der Waals surface area contributed by atoms with Crippen LogP contribution >= 0.6 is 0 Å². The predicted molar refractivity (Wildman–Crippen MR) is 109 cm³/mol. The molecule has 2 heteroatoms. The van der Waals surface area contributed by atoms with E-state index in [-0.39, 0.29) is 0 Å². The van der Waals surface area contributed by atoms with Gasteiger partial charge >= 0.3 is 0 Å². The van der Waals surface area contributed by atoms with Crippen molar-refractivity contribution in [3.8, 4) is 0 Å². The van der Waals surface area contributed by atoms with Crippen LogP contribution in [0.3, 0.4) is 0 Å². The normalized spacial score (nSPS) is 15.4. The minimum Gasteiger partial charge on any atom is -0.473 e. The molecule has 2 nitrogen and oxygen atoms in total. The zero-order valence-corrected chi connectivity index (χ0v) is 15.5. The number of furan rings is 1. The van der Waals surface area contributed by atoms with E-state index in [0.717, 1.165) is 13.0 Å². The maximum absolute atomic E-state index is 7.00. The lowest BCUT2D eigenvalue weighted by Gasteiger charge is -2.23. The van der Waals surface area contributed by atoms with Crippen LogP contribution in [0.15, 0.2) is 77.6 Å². The fourth-order valence-corrected chi connectivity index (χ4v) is 3.78. The summed E-state index contributed by atoms with van der Waals surface area (Å²) in [5.74, 6) is 0.838. The fraction of sp³-hybridized carbons (Fsp3) is 0.250. The molecule has 0 amide bonds. The van der Waals surface area contributed by atoms with Crippen molar-refractivity contribution < 1.29 is 9.52 Å². The molecule has 1 aliphatic rings. The Morgan fingerprint density at radius 2 is 1.54 bits per heavy atom. The average Bonchev–Trinajstić information content (AvgIpc) is 3.29. The van der Waals surface area contributed by atoms with Gasteiger partial charge in [0.05, 0.1) is 12.5 Å². The fourth-order valence-electron chi connectivity index (χ4n) is 3.78. The SMILES string of the molecule is CC1CCc2c(ccc3c2ccc2ccccc23)C1.CO.c1ccoc1. The molecule has 1 atom stereocenters. The Morgan fingerprint density at radius 1 is 0.808 bits per heavy atom. The zero-order chi connectivity index (χ0) is 18.4. The first-order chi connectivity index (χ1) is 12.8. The molecule has 0 saturated heterocycles. The molecule has 5 rings (SSSR count). The Kier molecular flexibility index (Phi) is 6.08. The summed E-state index contributed by atoms with van der Waals surface area (Å²) in [7, 11) is 1.00. The van der Waals surface area contributed by atoms with Crippen LogP contribution in [0.1, 0.15) is 24.5 Å². The van der Waals surface area contributed by atoms with Crippen molar-refractivity contribution >= 4 is 21.5 Å². The molecule has 0 saturated carbocycles. The van der Waals surface area contributed by atoms with Gasteiger partial charge in [-0.25, -0.2) is 0 Å². The molecule has 26 heavy (non-hydrogen) atoms. The minimum absolute atomic E-state index is 0.838. The highest BCUT2D eigenvalue weighted by Crippen LogP contribution is 2.34. The first kappa shape index (κ1) is 18.2. The zero-order valence-electron chi connectivity index (χ0n) is 15.5. The number of hydrogen-bond donors (Lipinski definition) is 1. The summed E-state index contributed by atoms with van der Waals surface area (Å²) in [6, 6.07) is 21.7. The lowest BCUT2D eigenvalue weighted by molar-refractivity contribution is 0.399. The number of aryl methyl sites for hydroxylation is 1. The van der Waals surface area contributed by atoms with Crippen molar-refractivity contribution in [2.45, 2.75) is 26.2 Å². The number of aliphatic hydroxyl groups is 1. The van der Waals surface area contributed by atoms with Crippen LogP contribution in [0.2, 0.25) is 0 Å². The van der Waals surface area contributed by atoms with Crippen LogP contribution in [0.25, 0.3) is 21.5 Å². The predicted octanol–water partition coefficient (Wildman–Crippen LogP) is 6.01. The van der Waals surface area contributed by atoms with Crippen molar-refractivity contribution in [2.24, 2.45) is 5.92 Å². The maximum atomic E-state index is 7.00. The molecule has 1 N–H and O–H groups in total. The van der Waals surface area contributed by atoms with Gasteiger partial charge in [-0.1, -0.05) is 55.5 Å². The van der Waals surface area contributed by atoms with Gasteiger partial charge in [0.2, 0.25) is 0 Å². The number of hydrogen-bond acceptors (Lipinski definition) is 2. The number of aliphatic hydroxyl groups excluding tert-OH is 1. The molecule has 1 aromatic heterocycles. The smallest absolute Gasteiger partial charge is 0.0902 e. The molecular weight excluding hydrogens is 320 g/mol. The molecule has 0 fully saturated rings. The molecular formula is C24H26O2. The topological polar surface area (TPSA) is 33.4 Å². The van der Waals surface area contributed by atoms with Crippen molar-refractivity contribution in [1.29, 1.82) is 0 Å². The molecule has 0 aliphatic heterocycles. The van der Waals surface area contributed by atoms with Gasteiger partial charge in [-0.3, -0.25) is 0 Å².